The van der Waals surface area contributed by atoms with E-state index >= 15 is 0 Å². The van der Waals surface area contributed by atoms with Gasteiger partial charge in [0.2, 0.25) is 11.8 Å². The first-order valence-electron chi connectivity index (χ1n) is 8.04. The number of likely N-dealkylation sites (tertiary alicyclic amines) is 1. The molecule has 2 aliphatic rings. The molecule has 2 amide bonds. The van der Waals surface area contributed by atoms with E-state index in [9.17, 15) is 9.59 Å². The van der Waals surface area contributed by atoms with Crippen molar-refractivity contribution < 1.29 is 9.59 Å². The number of thioether (sulfide) groups is 1. The highest BCUT2D eigenvalue weighted by Crippen LogP contribution is 2.27. The van der Waals surface area contributed by atoms with Crippen LogP contribution in [0.25, 0.3) is 0 Å². The van der Waals surface area contributed by atoms with Crippen LogP contribution >= 0.6 is 11.8 Å². The molecule has 0 aromatic heterocycles. The minimum Gasteiger partial charge on any atom is -0.355 e. The van der Waals surface area contributed by atoms with Crippen LogP contribution in [0.1, 0.15) is 32.1 Å². The van der Waals surface area contributed by atoms with Crippen LogP contribution in [0, 0.1) is 11.8 Å². The lowest BCUT2D eigenvalue weighted by atomic mass is 9.94. The summed E-state index contributed by atoms with van der Waals surface area (Å²) in [5.41, 5.74) is 5.41. The fourth-order valence-electron chi connectivity index (χ4n) is 3.08. The first-order valence-corrected chi connectivity index (χ1v) is 9.19. The molecule has 0 bridgehead atoms. The normalized spacial score (nSPS) is 23.9. The maximum absolute atomic E-state index is 12.4. The Morgan fingerprint density at radius 2 is 2.00 bits per heavy atom. The van der Waals surface area contributed by atoms with Crippen molar-refractivity contribution in [3.8, 4) is 0 Å². The second-order valence-electron chi connectivity index (χ2n) is 6.02. The second-order valence-corrected chi connectivity index (χ2v) is 7.24. The molecule has 0 radical (unpaired) electrons. The Kier molecular flexibility index (Phi) is 6.83. The van der Waals surface area contributed by atoms with Crippen molar-refractivity contribution >= 4 is 23.6 Å². The van der Waals surface area contributed by atoms with Crippen molar-refractivity contribution in [3.05, 3.63) is 0 Å². The van der Waals surface area contributed by atoms with Gasteiger partial charge in [0.25, 0.3) is 0 Å². The molecule has 5 nitrogen and oxygen atoms in total. The zero-order valence-corrected chi connectivity index (χ0v) is 13.5. The number of piperidine rings is 1. The molecule has 1 atom stereocenters. The van der Waals surface area contributed by atoms with Gasteiger partial charge in [0.05, 0.1) is 5.92 Å². The van der Waals surface area contributed by atoms with Gasteiger partial charge in [-0.1, -0.05) is 0 Å². The van der Waals surface area contributed by atoms with Gasteiger partial charge in [-0.25, -0.2) is 0 Å². The number of nitrogens with one attached hydrogen (secondary N) is 1. The highest BCUT2D eigenvalue weighted by atomic mass is 32.2. The molecule has 1 unspecified atom stereocenters. The molecule has 6 heteroatoms. The highest BCUT2D eigenvalue weighted by molar-refractivity contribution is 7.99. The number of hydrogen-bond donors (Lipinski definition) is 2. The van der Waals surface area contributed by atoms with Crippen LogP contribution in [-0.4, -0.2) is 54.4 Å². The van der Waals surface area contributed by atoms with E-state index in [1.807, 2.05) is 16.7 Å². The zero-order chi connectivity index (χ0) is 15.1. The van der Waals surface area contributed by atoms with E-state index in [-0.39, 0.29) is 17.7 Å². The molecule has 120 valence electrons. The number of amides is 2. The lowest BCUT2D eigenvalue weighted by molar-refractivity contribution is -0.136. The summed E-state index contributed by atoms with van der Waals surface area (Å²) in [6, 6.07) is 0. The van der Waals surface area contributed by atoms with Crippen molar-refractivity contribution in [2.45, 2.75) is 32.1 Å². The van der Waals surface area contributed by atoms with Crippen molar-refractivity contribution in [2.24, 2.45) is 17.6 Å². The van der Waals surface area contributed by atoms with Crippen LogP contribution in [0.2, 0.25) is 0 Å². The number of nitrogens with two attached hydrogens (primary N) is 1. The molecule has 3 N–H and O–H groups in total. The highest BCUT2D eigenvalue weighted by Gasteiger charge is 2.29. The van der Waals surface area contributed by atoms with E-state index in [1.165, 1.54) is 11.5 Å². The van der Waals surface area contributed by atoms with Crippen molar-refractivity contribution in [3.63, 3.8) is 0 Å². The predicted molar refractivity (Wildman–Crippen MR) is 86.0 cm³/mol. The van der Waals surface area contributed by atoms with E-state index in [2.05, 4.69) is 5.32 Å². The van der Waals surface area contributed by atoms with Gasteiger partial charge in [0.15, 0.2) is 0 Å². The standard InChI is InChI=1S/C15H27N3O2S/c16-5-6-17-15(20)13-2-1-7-18(11-13)14(19)10-12-3-8-21-9-4-12/h12-13H,1-11,16H2,(H,17,20). The number of rotatable bonds is 5. The summed E-state index contributed by atoms with van der Waals surface area (Å²) in [6.45, 7) is 2.36. The summed E-state index contributed by atoms with van der Waals surface area (Å²) in [7, 11) is 0. The Labute approximate surface area is 131 Å². The van der Waals surface area contributed by atoms with Crippen LogP contribution in [0.5, 0.6) is 0 Å². The molecule has 0 aliphatic carbocycles. The molecular formula is C15H27N3O2S. The SMILES string of the molecule is NCCNC(=O)C1CCCN(C(=O)CC2CCSCC2)C1. The van der Waals surface area contributed by atoms with E-state index in [1.54, 1.807) is 0 Å². The van der Waals surface area contributed by atoms with E-state index < -0.39 is 0 Å². The third-order valence-electron chi connectivity index (χ3n) is 4.39. The van der Waals surface area contributed by atoms with Gasteiger partial charge in [0, 0.05) is 32.6 Å². The van der Waals surface area contributed by atoms with Crippen molar-refractivity contribution in [1.29, 1.82) is 0 Å². The minimum absolute atomic E-state index is 0.0482. The van der Waals surface area contributed by atoms with Gasteiger partial charge < -0.3 is 16.0 Å². The van der Waals surface area contributed by atoms with Crippen LogP contribution < -0.4 is 11.1 Å². The number of nitrogens with zero attached hydrogens (tertiary/aromatic N) is 1. The van der Waals surface area contributed by atoms with Gasteiger partial charge in [-0.05, 0) is 43.1 Å². The molecule has 0 spiro atoms. The van der Waals surface area contributed by atoms with Crippen LogP contribution in [0.4, 0.5) is 0 Å². The summed E-state index contributed by atoms with van der Waals surface area (Å²) in [5, 5.41) is 2.84. The summed E-state index contributed by atoms with van der Waals surface area (Å²) in [6.07, 6.45) is 4.78. The average molecular weight is 313 g/mol. The Bertz CT molecular complexity index is 359. The largest absolute Gasteiger partial charge is 0.355 e. The van der Waals surface area contributed by atoms with Gasteiger partial charge in [-0.3, -0.25) is 9.59 Å². The Morgan fingerprint density at radius 1 is 1.24 bits per heavy atom. The third kappa shape index (κ3) is 5.18. The molecule has 0 saturated carbocycles. The Morgan fingerprint density at radius 3 is 2.71 bits per heavy atom. The van der Waals surface area contributed by atoms with Gasteiger partial charge >= 0.3 is 0 Å². The fraction of sp³-hybridized carbons (Fsp3) is 0.867. The molecule has 0 aromatic rings. The van der Waals surface area contributed by atoms with Crippen molar-refractivity contribution in [1.82, 2.24) is 10.2 Å². The lowest BCUT2D eigenvalue weighted by Gasteiger charge is -2.33. The molecule has 0 aromatic carbocycles. The summed E-state index contributed by atoms with van der Waals surface area (Å²) >= 11 is 1.99. The Balaban J connectivity index is 1.79. The number of hydrogen-bond acceptors (Lipinski definition) is 4. The number of carbonyl (C=O) groups is 2. The van der Waals surface area contributed by atoms with Crippen LogP contribution in [-0.2, 0) is 9.59 Å². The smallest absolute Gasteiger partial charge is 0.224 e. The Hall–Kier alpha value is -0.750. The average Bonchev–Trinajstić information content (AvgIpc) is 2.53. The first-order chi connectivity index (χ1) is 10.2. The topological polar surface area (TPSA) is 75.4 Å². The predicted octanol–water partition coefficient (Wildman–Crippen LogP) is 0.833. The van der Waals surface area contributed by atoms with Gasteiger partial charge in [0.1, 0.15) is 0 Å². The molecular weight excluding hydrogens is 286 g/mol. The van der Waals surface area contributed by atoms with Gasteiger partial charge in [-0.15, -0.1) is 0 Å². The number of carbonyl (C=O) groups excluding carboxylic acids is 2. The molecule has 2 aliphatic heterocycles. The maximum Gasteiger partial charge on any atom is 0.224 e. The summed E-state index contributed by atoms with van der Waals surface area (Å²) in [4.78, 5) is 26.3. The minimum atomic E-state index is -0.0591. The van der Waals surface area contributed by atoms with E-state index in [4.69, 9.17) is 5.73 Å². The second kappa shape index (κ2) is 8.63. The lowest BCUT2D eigenvalue weighted by Crippen LogP contribution is -2.46. The van der Waals surface area contributed by atoms with E-state index in [0.717, 1.165) is 32.2 Å². The molecule has 2 heterocycles. The monoisotopic (exact) mass is 313 g/mol. The first kappa shape index (κ1) is 16.6. The fourth-order valence-corrected chi connectivity index (χ4v) is 4.29. The quantitative estimate of drug-likeness (QED) is 0.788. The molecule has 2 saturated heterocycles. The molecule has 21 heavy (non-hydrogen) atoms. The summed E-state index contributed by atoms with van der Waals surface area (Å²) < 4.78 is 0. The van der Waals surface area contributed by atoms with E-state index in [0.29, 0.717) is 32.0 Å². The van der Waals surface area contributed by atoms with Crippen molar-refractivity contribution in [2.75, 3.05) is 37.7 Å². The summed E-state index contributed by atoms with van der Waals surface area (Å²) in [5.74, 6) is 3.14. The maximum atomic E-state index is 12.4. The molecule has 2 rings (SSSR count). The zero-order valence-electron chi connectivity index (χ0n) is 12.7. The molecule has 2 fully saturated rings. The third-order valence-corrected chi connectivity index (χ3v) is 5.44. The van der Waals surface area contributed by atoms with Gasteiger partial charge in [-0.2, -0.15) is 11.8 Å². The van der Waals surface area contributed by atoms with Crippen LogP contribution in [0.3, 0.4) is 0 Å². The van der Waals surface area contributed by atoms with Crippen LogP contribution in [0.15, 0.2) is 0 Å².